The highest BCUT2D eigenvalue weighted by molar-refractivity contribution is 5.82. The Kier molecular flexibility index (Phi) is 4.30. The lowest BCUT2D eigenvalue weighted by Gasteiger charge is -2.02. The van der Waals surface area contributed by atoms with E-state index in [1.54, 1.807) is 18.3 Å². The molecule has 0 aromatic heterocycles. The Morgan fingerprint density at radius 3 is 2.68 bits per heavy atom. The largest absolute Gasteiger partial charge is 0.494 e. The van der Waals surface area contributed by atoms with Gasteiger partial charge in [0.2, 0.25) is 0 Å². The average Bonchev–Trinajstić information content (AvgIpc) is 2.46. The van der Waals surface area contributed by atoms with E-state index in [0.29, 0.717) is 12.2 Å². The molecule has 0 aliphatic carbocycles. The van der Waals surface area contributed by atoms with Crippen molar-refractivity contribution < 1.29 is 4.74 Å². The van der Waals surface area contributed by atoms with Crippen LogP contribution in [0.3, 0.4) is 0 Å². The summed E-state index contributed by atoms with van der Waals surface area (Å²) in [6, 6.07) is 17.0. The standard InChI is InChI=1S/C16H14N2O/c1-2-19-16-5-3-4-14(10-16)12-18-15-8-6-13(11-17)7-9-15/h3-10,12H,2H2,1H3/b18-12+. The molecule has 0 N–H and O–H groups in total. The van der Waals surface area contributed by atoms with Crippen molar-refractivity contribution in [3.8, 4) is 11.8 Å². The van der Waals surface area contributed by atoms with Gasteiger partial charge in [0, 0.05) is 6.21 Å². The van der Waals surface area contributed by atoms with Crippen LogP contribution in [0.15, 0.2) is 53.5 Å². The zero-order valence-electron chi connectivity index (χ0n) is 10.7. The molecule has 0 unspecified atom stereocenters. The van der Waals surface area contributed by atoms with Gasteiger partial charge >= 0.3 is 0 Å². The number of aliphatic imine (C=N–C) groups is 1. The van der Waals surface area contributed by atoms with Crippen molar-refractivity contribution in [3.05, 3.63) is 59.7 Å². The fourth-order valence-corrected chi connectivity index (χ4v) is 1.62. The van der Waals surface area contributed by atoms with Crippen molar-refractivity contribution in [2.45, 2.75) is 6.92 Å². The van der Waals surface area contributed by atoms with Gasteiger partial charge in [-0.25, -0.2) is 0 Å². The molecule has 0 bridgehead atoms. The van der Waals surface area contributed by atoms with Crippen LogP contribution in [-0.2, 0) is 0 Å². The molecule has 0 atom stereocenters. The van der Waals surface area contributed by atoms with Crippen molar-refractivity contribution in [1.82, 2.24) is 0 Å². The van der Waals surface area contributed by atoms with E-state index in [9.17, 15) is 0 Å². The van der Waals surface area contributed by atoms with Crippen molar-refractivity contribution >= 4 is 11.9 Å². The third-order valence-corrected chi connectivity index (χ3v) is 2.53. The zero-order valence-corrected chi connectivity index (χ0v) is 10.7. The second-order valence-corrected chi connectivity index (χ2v) is 3.92. The lowest BCUT2D eigenvalue weighted by atomic mass is 10.2. The average molecular weight is 250 g/mol. The lowest BCUT2D eigenvalue weighted by molar-refractivity contribution is 0.340. The summed E-state index contributed by atoms with van der Waals surface area (Å²) in [6.07, 6.45) is 1.78. The highest BCUT2D eigenvalue weighted by Gasteiger charge is 1.94. The highest BCUT2D eigenvalue weighted by atomic mass is 16.5. The number of rotatable bonds is 4. The van der Waals surface area contributed by atoms with E-state index >= 15 is 0 Å². The van der Waals surface area contributed by atoms with E-state index in [4.69, 9.17) is 10.00 Å². The van der Waals surface area contributed by atoms with Crippen LogP contribution in [-0.4, -0.2) is 12.8 Å². The summed E-state index contributed by atoms with van der Waals surface area (Å²) in [4.78, 5) is 4.36. The Bertz CT molecular complexity index is 609. The van der Waals surface area contributed by atoms with Crippen molar-refractivity contribution in [1.29, 1.82) is 5.26 Å². The molecule has 0 saturated heterocycles. The Labute approximate surface area is 112 Å². The molecule has 94 valence electrons. The SMILES string of the molecule is CCOc1cccc(/C=N/c2ccc(C#N)cc2)c1. The quantitative estimate of drug-likeness (QED) is 0.776. The van der Waals surface area contributed by atoms with Crippen molar-refractivity contribution in [2.75, 3.05) is 6.61 Å². The number of nitrogens with zero attached hydrogens (tertiary/aromatic N) is 2. The van der Waals surface area contributed by atoms with Gasteiger partial charge in [-0.2, -0.15) is 5.26 Å². The predicted molar refractivity (Wildman–Crippen MR) is 76.0 cm³/mol. The fraction of sp³-hybridized carbons (Fsp3) is 0.125. The van der Waals surface area contributed by atoms with E-state index in [1.165, 1.54) is 0 Å². The molecule has 0 fully saturated rings. The summed E-state index contributed by atoms with van der Waals surface area (Å²) in [5.74, 6) is 0.839. The van der Waals surface area contributed by atoms with Crippen LogP contribution in [0, 0.1) is 11.3 Å². The van der Waals surface area contributed by atoms with Gasteiger partial charge in [-0.3, -0.25) is 4.99 Å². The molecule has 0 aliphatic heterocycles. The van der Waals surface area contributed by atoms with Gasteiger partial charge in [-0.15, -0.1) is 0 Å². The van der Waals surface area contributed by atoms with Crippen LogP contribution in [0.4, 0.5) is 5.69 Å². The van der Waals surface area contributed by atoms with E-state index in [-0.39, 0.29) is 0 Å². The molecule has 3 nitrogen and oxygen atoms in total. The molecular formula is C16H14N2O. The van der Waals surface area contributed by atoms with Gasteiger partial charge in [-0.05, 0) is 48.9 Å². The zero-order chi connectivity index (χ0) is 13.5. The molecule has 2 aromatic rings. The van der Waals surface area contributed by atoms with Gasteiger partial charge in [0.15, 0.2) is 0 Å². The highest BCUT2D eigenvalue weighted by Crippen LogP contribution is 2.15. The van der Waals surface area contributed by atoms with Gasteiger partial charge in [0.1, 0.15) is 5.75 Å². The monoisotopic (exact) mass is 250 g/mol. The molecule has 0 spiro atoms. The number of hydrogen-bond donors (Lipinski definition) is 0. The minimum atomic E-state index is 0.636. The Morgan fingerprint density at radius 2 is 2.00 bits per heavy atom. The summed E-state index contributed by atoms with van der Waals surface area (Å²) >= 11 is 0. The third kappa shape index (κ3) is 3.68. The Balaban J connectivity index is 2.13. The summed E-state index contributed by atoms with van der Waals surface area (Å²) in [5, 5.41) is 8.72. The smallest absolute Gasteiger partial charge is 0.119 e. The van der Waals surface area contributed by atoms with E-state index in [2.05, 4.69) is 11.1 Å². The first-order valence-electron chi connectivity index (χ1n) is 6.09. The number of benzene rings is 2. The number of hydrogen-bond acceptors (Lipinski definition) is 3. The first kappa shape index (κ1) is 12.8. The van der Waals surface area contributed by atoms with Gasteiger partial charge in [-0.1, -0.05) is 12.1 Å². The fourth-order valence-electron chi connectivity index (χ4n) is 1.62. The molecule has 0 saturated carbocycles. The second-order valence-electron chi connectivity index (χ2n) is 3.92. The molecule has 0 radical (unpaired) electrons. The van der Waals surface area contributed by atoms with Crippen LogP contribution in [0.25, 0.3) is 0 Å². The second kappa shape index (κ2) is 6.36. The maximum Gasteiger partial charge on any atom is 0.119 e. The van der Waals surface area contributed by atoms with Crippen LogP contribution in [0.2, 0.25) is 0 Å². The molecule has 2 rings (SSSR count). The third-order valence-electron chi connectivity index (χ3n) is 2.53. The minimum absolute atomic E-state index is 0.636. The summed E-state index contributed by atoms with van der Waals surface area (Å²) in [5.41, 5.74) is 2.44. The van der Waals surface area contributed by atoms with E-state index in [1.807, 2.05) is 43.3 Å². The van der Waals surface area contributed by atoms with Gasteiger partial charge in [0.25, 0.3) is 0 Å². The Morgan fingerprint density at radius 1 is 1.21 bits per heavy atom. The van der Waals surface area contributed by atoms with Crippen molar-refractivity contribution in [3.63, 3.8) is 0 Å². The molecule has 0 aliphatic rings. The van der Waals surface area contributed by atoms with Gasteiger partial charge in [0.05, 0.1) is 23.9 Å². The predicted octanol–water partition coefficient (Wildman–Crippen LogP) is 3.71. The molecule has 19 heavy (non-hydrogen) atoms. The minimum Gasteiger partial charge on any atom is -0.494 e. The van der Waals surface area contributed by atoms with Crippen LogP contribution < -0.4 is 4.74 Å². The first-order valence-corrected chi connectivity index (χ1v) is 6.09. The van der Waals surface area contributed by atoms with Gasteiger partial charge < -0.3 is 4.74 Å². The maximum absolute atomic E-state index is 8.72. The molecule has 2 aromatic carbocycles. The van der Waals surface area contributed by atoms with Crippen molar-refractivity contribution in [2.24, 2.45) is 4.99 Å². The van der Waals surface area contributed by atoms with E-state index < -0.39 is 0 Å². The maximum atomic E-state index is 8.72. The summed E-state index contributed by atoms with van der Waals surface area (Å²) in [6.45, 7) is 2.60. The molecular weight excluding hydrogens is 236 g/mol. The van der Waals surface area contributed by atoms with Crippen LogP contribution in [0.5, 0.6) is 5.75 Å². The molecule has 0 heterocycles. The first-order chi connectivity index (χ1) is 9.31. The molecule has 3 heteroatoms. The summed E-state index contributed by atoms with van der Waals surface area (Å²) < 4.78 is 5.43. The Hall–Kier alpha value is -2.60. The lowest BCUT2D eigenvalue weighted by Crippen LogP contribution is -1.91. The van der Waals surface area contributed by atoms with E-state index in [0.717, 1.165) is 17.0 Å². The topological polar surface area (TPSA) is 45.4 Å². The summed E-state index contributed by atoms with van der Waals surface area (Å²) in [7, 11) is 0. The molecule has 0 amide bonds. The number of nitriles is 1. The van der Waals surface area contributed by atoms with Crippen LogP contribution >= 0.6 is 0 Å². The van der Waals surface area contributed by atoms with Crippen LogP contribution in [0.1, 0.15) is 18.1 Å². The number of ether oxygens (including phenoxy) is 1. The normalized spacial score (nSPS) is 10.3.